The molecular weight excluding hydrogens is 320 g/mol. The Balaban J connectivity index is 2.55. The molecule has 2 nitrogen and oxygen atoms in total. The molecule has 3 rings (SSSR count). The molecule has 0 saturated heterocycles. The van der Waals surface area contributed by atoms with Gasteiger partial charge in [0.05, 0.1) is 14.2 Å². The summed E-state index contributed by atoms with van der Waals surface area (Å²) in [5.41, 5.74) is 4.93. The molecule has 0 aliphatic carbocycles. The Labute approximate surface area is 155 Å². The molecule has 0 saturated carbocycles. The molecule has 0 fully saturated rings. The van der Waals surface area contributed by atoms with E-state index >= 15 is 0 Å². The van der Waals surface area contributed by atoms with E-state index in [4.69, 9.17) is 9.47 Å². The number of rotatable bonds is 6. The molecular formula is C24H26O2. The molecule has 0 unspecified atom stereocenters. The Morgan fingerprint density at radius 2 is 1.12 bits per heavy atom. The zero-order chi connectivity index (χ0) is 18.8. The van der Waals surface area contributed by atoms with Crippen LogP contribution in [-0.4, -0.2) is 14.2 Å². The van der Waals surface area contributed by atoms with Crippen molar-refractivity contribution in [3.63, 3.8) is 0 Å². The highest BCUT2D eigenvalue weighted by molar-refractivity contribution is 6.09. The van der Waals surface area contributed by atoms with Crippen LogP contribution in [0.4, 0.5) is 0 Å². The van der Waals surface area contributed by atoms with Crippen molar-refractivity contribution in [2.24, 2.45) is 0 Å². The Morgan fingerprint density at radius 1 is 0.731 bits per heavy atom. The lowest BCUT2D eigenvalue weighted by molar-refractivity contribution is 0.411. The highest BCUT2D eigenvalue weighted by atomic mass is 16.5. The molecule has 0 aliphatic rings. The predicted octanol–water partition coefficient (Wildman–Crippen LogP) is 6.08. The van der Waals surface area contributed by atoms with Gasteiger partial charge in [-0.3, -0.25) is 0 Å². The van der Waals surface area contributed by atoms with Crippen molar-refractivity contribution in [2.75, 3.05) is 14.2 Å². The van der Waals surface area contributed by atoms with Gasteiger partial charge in [0.2, 0.25) is 0 Å². The monoisotopic (exact) mass is 346 g/mol. The summed E-state index contributed by atoms with van der Waals surface area (Å²) in [6.45, 7) is 12.3. The van der Waals surface area contributed by atoms with Crippen LogP contribution < -0.4 is 9.47 Å². The number of fused-ring (bicyclic) bond motifs is 2. The fourth-order valence-corrected chi connectivity index (χ4v) is 4.08. The van der Waals surface area contributed by atoms with Crippen LogP contribution in [0.25, 0.3) is 21.5 Å². The Kier molecular flexibility index (Phi) is 5.03. The van der Waals surface area contributed by atoms with Crippen LogP contribution in [0.15, 0.2) is 49.6 Å². The molecule has 3 aromatic carbocycles. The smallest absolute Gasteiger partial charge is 0.123 e. The number of methoxy groups -OCH3 is 2. The molecule has 0 bridgehead atoms. The first-order valence-electron chi connectivity index (χ1n) is 8.89. The third-order valence-electron chi connectivity index (χ3n) is 5.23. The summed E-state index contributed by atoms with van der Waals surface area (Å²) in [7, 11) is 3.45. The van der Waals surface area contributed by atoms with Gasteiger partial charge in [0.15, 0.2) is 0 Å². The quantitative estimate of drug-likeness (QED) is 0.397. The van der Waals surface area contributed by atoms with E-state index in [9.17, 15) is 0 Å². The lowest BCUT2D eigenvalue weighted by atomic mass is 9.86. The van der Waals surface area contributed by atoms with E-state index < -0.39 is 0 Å². The van der Waals surface area contributed by atoms with Crippen molar-refractivity contribution in [1.29, 1.82) is 0 Å². The van der Waals surface area contributed by atoms with Gasteiger partial charge in [0.1, 0.15) is 11.5 Å². The minimum Gasteiger partial charge on any atom is -0.496 e. The van der Waals surface area contributed by atoms with Gasteiger partial charge in [0, 0.05) is 11.1 Å². The molecule has 0 N–H and O–H groups in total. The molecule has 0 aromatic heterocycles. The minimum atomic E-state index is 0.780. The van der Waals surface area contributed by atoms with Crippen molar-refractivity contribution in [3.05, 3.63) is 71.8 Å². The van der Waals surface area contributed by atoms with E-state index in [2.05, 4.69) is 51.3 Å². The van der Waals surface area contributed by atoms with Crippen LogP contribution in [0.3, 0.4) is 0 Å². The fraction of sp³-hybridized carbons (Fsp3) is 0.250. The summed E-state index contributed by atoms with van der Waals surface area (Å²) in [5.74, 6) is 1.83. The third kappa shape index (κ3) is 2.66. The number of hydrogen-bond donors (Lipinski definition) is 0. The molecule has 134 valence electrons. The maximum Gasteiger partial charge on any atom is 0.123 e. The summed E-state index contributed by atoms with van der Waals surface area (Å²) in [6.07, 6.45) is 5.44. The average molecular weight is 346 g/mol. The van der Waals surface area contributed by atoms with Gasteiger partial charge in [-0.25, -0.2) is 0 Å². The zero-order valence-corrected chi connectivity index (χ0v) is 16.1. The summed E-state index contributed by atoms with van der Waals surface area (Å²) in [4.78, 5) is 0. The average Bonchev–Trinajstić information content (AvgIpc) is 2.66. The van der Waals surface area contributed by atoms with Gasteiger partial charge in [0.25, 0.3) is 0 Å². The topological polar surface area (TPSA) is 18.5 Å². The van der Waals surface area contributed by atoms with Gasteiger partial charge >= 0.3 is 0 Å². The number of allylic oxidation sites excluding steroid dienone is 2. The van der Waals surface area contributed by atoms with E-state index in [0.29, 0.717) is 0 Å². The van der Waals surface area contributed by atoms with Crippen molar-refractivity contribution >= 4 is 21.5 Å². The number of ether oxygens (including phenoxy) is 2. The Hall–Kier alpha value is -2.74. The maximum atomic E-state index is 5.63. The highest BCUT2D eigenvalue weighted by Gasteiger charge is 2.18. The van der Waals surface area contributed by atoms with E-state index in [1.807, 2.05) is 12.2 Å². The lowest BCUT2D eigenvalue weighted by Crippen LogP contribution is -2.00. The predicted molar refractivity (Wildman–Crippen MR) is 112 cm³/mol. The second-order valence-electron chi connectivity index (χ2n) is 6.57. The van der Waals surface area contributed by atoms with Crippen LogP contribution in [0, 0.1) is 13.8 Å². The van der Waals surface area contributed by atoms with E-state index in [1.165, 1.54) is 43.8 Å². The summed E-state index contributed by atoms with van der Waals surface area (Å²) in [5, 5.41) is 5.05. The van der Waals surface area contributed by atoms with E-state index in [1.54, 1.807) is 14.2 Å². The van der Waals surface area contributed by atoms with Gasteiger partial charge in [-0.05, 0) is 71.5 Å². The largest absolute Gasteiger partial charge is 0.496 e. The molecule has 3 aromatic rings. The van der Waals surface area contributed by atoms with Crippen molar-refractivity contribution in [1.82, 2.24) is 0 Å². The van der Waals surface area contributed by atoms with Crippen LogP contribution >= 0.6 is 0 Å². The third-order valence-corrected chi connectivity index (χ3v) is 5.23. The first-order chi connectivity index (χ1) is 12.6. The molecule has 0 amide bonds. The standard InChI is InChI=1S/C24H26O2/c1-7-9-19-21(25-5)13-11-17-16(4)24-18(15(3)23(17)19)12-14-22(26-6)20(24)10-8-2/h7-8,11-14H,1-2,9-10H2,3-6H3. The van der Waals surface area contributed by atoms with Crippen molar-refractivity contribution < 1.29 is 9.47 Å². The lowest BCUT2D eigenvalue weighted by Gasteiger charge is -2.20. The summed E-state index contributed by atoms with van der Waals surface area (Å²) in [6, 6.07) is 8.46. The zero-order valence-electron chi connectivity index (χ0n) is 16.1. The van der Waals surface area contributed by atoms with E-state index in [0.717, 1.165) is 24.3 Å². The normalized spacial score (nSPS) is 10.9. The number of benzene rings is 3. The second kappa shape index (κ2) is 7.25. The second-order valence-corrected chi connectivity index (χ2v) is 6.57. The Morgan fingerprint density at radius 3 is 1.42 bits per heavy atom. The van der Waals surface area contributed by atoms with Crippen molar-refractivity contribution in [2.45, 2.75) is 26.7 Å². The van der Waals surface area contributed by atoms with Gasteiger partial charge in [-0.15, -0.1) is 13.2 Å². The minimum absolute atomic E-state index is 0.780. The van der Waals surface area contributed by atoms with Crippen molar-refractivity contribution in [3.8, 4) is 11.5 Å². The Bertz CT molecular complexity index is 929. The molecule has 0 radical (unpaired) electrons. The molecule has 0 aliphatic heterocycles. The van der Waals surface area contributed by atoms with Crippen LogP contribution in [-0.2, 0) is 12.8 Å². The van der Waals surface area contributed by atoms with Crippen LogP contribution in [0.2, 0.25) is 0 Å². The summed E-state index contributed by atoms with van der Waals surface area (Å²) >= 11 is 0. The number of aryl methyl sites for hydroxylation is 2. The van der Waals surface area contributed by atoms with Crippen LogP contribution in [0.5, 0.6) is 11.5 Å². The first kappa shape index (κ1) is 18.1. The summed E-state index contributed by atoms with van der Waals surface area (Å²) < 4.78 is 11.3. The van der Waals surface area contributed by atoms with Crippen LogP contribution in [0.1, 0.15) is 22.3 Å². The number of hydrogen-bond acceptors (Lipinski definition) is 2. The highest BCUT2D eigenvalue weighted by Crippen LogP contribution is 2.41. The molecule has 0 heterocycles. The SMILES string of the molecule is C=CCc1c(OC)ccc2c(C)c3c(CC=C)c(OC)ccc3c(C)c12. The maximum absolute atomic E-state index is 5.63. The molecule has 26 heavy (non-hydrogen) atoms. The molecule has 0 spiro atoms. The van der Waals surface area contributed by atoms with Gasteiger partial charge in [-0.2, -0.15) is 0 Å². The van der Waals surface area contributed by atoms with Gasteiger partial charge < -0.3 is 9.47 Å². The fourth-order valence-electron chi connectivity index (χ4n) is 4.08. The van der Waals surface area contributed by atoms with Gasteiger partial charge in [-0.1, -0.05) is 24.3 Å². The first-order valence-corrected chi connectivity index (χ1v) is 8.89. The molecule has 0 atom stereocenters. The van der Waals surface area contributed by atoms with E-state index in [-0.39, 0.29) is 0 Å². The molecule has 2 heteroatoms.